The van der Waals surface area contributed by atoms with Crippen LogP contribution < -0.4 is 10.6 Å². The molecule has 32 heavy (non-hydrogen) atoms. The van der Waals surface area contributed by atoms with Gasteiger partial charge in [0.1, 0.15) is 11.5 Å². The minimum atomic E-state index is -0.380. The normalized spacial score (nSPS) is 13.7. The third kappa shape index (κ3) is 6.10. The maximum absolute atomic E-state index is 13.0. The summed E-state index contributed by atoms with van der Waals surface area (Å²) in [7, 11) is 0. The van der Waals surface area contributed by atoms with Gasteiger partial charge in [0.25, 0.3) is 11.8 Å². The van der Waals surface area contributed by atoms with Crippen LogP contribution in [0.15, 0.2) is 77.2 Å². The Bertz CT molecular complexity index is 998. The summed E-state index contributed by atoms with van der Waals surface area (Å²) in [5.74, 6) is 1.11. The van der Waals surface area contributed by atoms with Crippen molar-refractivity contribution in [3.63, 3.8) is 0 Å². The zero-order chi connectivity index (χ0) is 22.9. The first kappa shape index (κ1) is 23.3. The third-order valence-corrected chi connectivity index (χ3v) is 5.77. The van der Waals surface area contributed by atoms with E-state index in [9.17, 15) is 9.59 Å². The number of hydrogen-bond donors (Lipinski definition) is 2. The van der Waals surface area contributed by atoms with Crippen LogP contribution in [0.3, 0.4) is 0 Å². The van der Waals surface area contributed by atoms with Crippen molar-refractivity contribution in [1.29, 1.82) is 0 Å². The molecule has 0 aliphatic rings. The fourth-order valence-corrected chi connectivity index (χ4v) is 3.86. The summed E-state index contributed by atoms with van der Waals surface area (Å²) in [6.07, 6.45) is 2.81. The molecule has 5 nitrogen and oxygen atoms in total. The first-order chi connectivity index (χ1) is 15.5. The second-order valence-electron chi connectivity index (χ2n) is 8.21. The molecule has 0 spiro atoms. The molecule has 5 heteroatoms. The Kier molecular flexibility index (Phi) is 8.26. The molecule has 0 saturated carbocycles. The minimum absolute atomic E-state index is 0.0903. The first-order valence-electron chi connectivity index (χ1n) is 11.3. The fourth-order valence-electron chi connectivity index (χ4n) is 3.86. The highest BCUT2D eigenvalue weighted by atomic mass is 16.3. The summed E-state index contributed by atoms with van der Waals surface area (Å²) >= 11 is 0. The second-order valence-corrected chi connectivity index (χ2v) is 8.21. The molecule has 0 saturated heterocycles. The molecule has 2 amide bonds. The summed E-state index contributed by atoms with van der Waals surface area (Å²) in [5.41, 5.74) is 1.21. The van der Waals surface area contributed by atoms with Gasteiger partial charge >= 0.3 is 0 Å². The molecule has 2 aromatic carbocycles. The van der Waals surface area contributed by atoms with Crippen LogP contribution in [0.5, 0.6) is 0 Å². The Morgan fingerprint density at radius 3 is 1.91 bits per heavy atom. The fraction of sp³-hybridized carbons (Fsp3) is 0.333. The van der Waals surface area contributed by atoms with Gasteiger partial charge in [0.15, 0.2) is 0 Å². The summed E-state index contributed by atoms with van der Waals surface area (Å²) < 4.78 is 5.92. The van der Waals surface area contributed by atoms with E-state index < -0.39 is 0 Å². The molecular formula is C27H32N2O3. The van der Waals surface area contributed by atoms with E-state index in [1.54, 1.807) is 24.3 Å². The highest BCUT2D eigenvalue weighted by Crippen LogP contribution is 2.29. The van der Waals surface area contributed by atoms with Crippen LogP contribution >= 0.6 is 0 Å². The SMILES string of the molecule is CCCC[C@H](NC(=O)c1ccccc1)[C@H](C)[C@H](NC(=O)c1ccccc1)c1ccc(C)o1. The summed E-state index contributed by atoms with van der Waals surface area (Å²) in [6.45, 7) is 6.07. The molecular weight excluding hydrogens is 400 g/mol. The zero-order valence-electron chi connectivity index (χ0n) is 19.0. The molecule has 3 aromatic rings. The van der Waals surface area contributed by atoms with Crippen LogP contribution in [0.2, 0.25) is 0 Å². The number of unbranched alkanes of at least 4 members (excludes halogenated alkanes) is 1. The standard InChI is InChI=1S/C27H32N2O3/c1-4-5-16-23(28-26(30)21-12-8-6-9-13-21)20(3)25(24-18-17-19(2)32-24)29-27(31)22-14-10-7-11-15-22/h6-15,17-18,20,23,25H,4-5,16H2,1-3H3,(H,28,30)(H,29,31)/t20-,23-,25-/m0/s1. The predicted molar refractivity (Wildman–Crippen MR) is 126 cm³/mol. The number of hydrogen-bond acceptors (Lipinski definition) is 3. The van der Waals surface area contributed by atoms with Crippen molar-refractivity contribution in [3.05, 3.63) is 95.4 Å². The smallest absolute Gasteiger partial charge is 0.251 e. The Morgan fingerprint density at radius 2 is 1.41 bits per heavy atom. The van der Waals surface area contributed by atoms with Crippen LogP contribution in [0.4, 0.5) is 0 Å². The lowest BCUT2D eigenvalue weighted by Gasteiger charge is -2.31. The lowest BCUT2D eigenvalue weighted by atomic mass is 9.88. The number of rotatable bonds is 10. The molecule has 0 unspecified atom stereocenters. The van der Waals surface area contributed by atoms with Gasteiger partial charge in [-0.15, -0.1) is 0 Å². The third-order valence-electron chi connectivity index (χ3n) is 5.77. The van der Waals surface area contributed by atoms with Gasteiger partial charge in [-0.3, -0.25) is 9.59 Å². The van der Waals surface area contributed by atoms with E-state index >= 15 is 0 Å². The van der Waals surface area contributed by atoms with E-state index in [0.29, 0.717) is 16.9 Å². The second kappa shape index (κ2) is 11.3. The first-order valence-corrected chi connectivity index (χ1v) is 11.3. The van der Waals surface area contributed by atoms with Crippen LogP contribution in [0.1, 0.15) is 71.4 Å². The molecule has 0 aliphatic heterocycles. The number of amides is 2. The van der Waals surface area contributed by atoms with E-state index in [1.807, 2.05) is 55.5 Å². The van der Waals surface area contributed by atoms with Crippen LogP contribution in [0, 0.1) is 12.8 Å². The average molecular weight is 433 g/mol. The topological polar surface area (TPSA) is 71.3 Å². The van der Waals surface area contributed by atoms with Crippen molar-refractivity contribution in [1.82, 2.24) is 10.6 Å². The summed E-state index contributed by atoms with van der Waals surface area (Å²) in [5, 5.41) is 6.35. The molecule has 0 radical (unpaired) electrons. The van der Waals surface area contributed by atoms with Gasteiger partial charge in [-0.2, -0.15) is 0 Å². The number of nitrogens with one attached hydrogen (secondary N) is 2. The molecule has 3 rings (SSSR count). The molecule has 1 heterocycles. The van der Waals surface area contributed by atoms with E-state index in [-0.39, 0.29) is 29.8 Å². The van der Waals surface area contributed by atoms with Crippen molar-refractivity contribution < 1.29 is 14.0 Å². The molecule has 1 aromatic heterocycles. The Balaban J connectivity index is 1.85. The van der Waals surface area contributed by atoms with Gasteiger partial charge in [0, 0.05) is 23.1 Å². The van der Waals surface area contributed by atoms with Gasteiger partial charge in [-0.05, 0) is 49.7 Å². The lowest BCUT2D eigenvalue weighted by molar-refractivity contribution is 0.0878. The Hall–Kier alpha value is -3.34. The van der Waals surface area contributed by atoms with E-state index in [1.165, 1.54) is 0 Å². The number of aryl methyl sites for hydroxylation is 1. The Morgan fingerprint density at radius 1 is 0.844 bits per heavy atom. The largest absolute Gasteiger partial charge is 0.464 e. The molecule has 2 N–H and O–H groups in total. The highest BCUT2D eigenvalue weighted by molar-refractivity contribution is 5.95. The van der Waals surface area contributed by atoms with Gasteiger partial charge in [-0.1, -0.05) is 63.1 Å². The highest BCUT2D eigenvalue weighted by Gasteiger charge is 2.31. The van der Waals surface area contributed by atoms with Gasteiger partial charge in [0.2, 0.25) is 0 Å². The van der Waals surface area contributed by atoms with E-state index in [0.717, 1.165) is 25.0 Å². The molecule has 3 atom stereocenters. The van der Waals surface area contributed by atoms with E-state index in [4.69, 9.17) is 4.42 Å². The molecule has 0 fully saturated rings. The maximum Gasteiger partial charge on any atom is 0.251 e. The van der Waals surface area contributed by atoms with Crippen molar-refractivity contribution in [2.24, 2.45) is 5.92 Å². The monoisotopic (exact) mass is 432 g/mol. The Labute approximate surface area is 190 Å². The quantitative estimate of drug-likeness (QED) is 0.433. The molecule has 0 aliphatic carbocycles. The van der Waals surface area contributed by atoms with Gasteiger partial charge in [-0.25, -0.2) is 0 Å². The minimum Gasteiger partial charge on any atom is -0.464 e. The number of benzene rings is 2. The van der Waals surface area contributed by atoms with Crippen LogP contribution in [-0.2, 0) is 0 Å². The zero-order valence-corrected chi connectivity index (χ0v) is 19.0. The van der Waals surface area contributed by atoms with Crippen molar-refractivity contribution in [2.75, 3.05) is 0 Å². The van der Waals surface area contributed by atoms with Crippen molar-refractivity contribution >= 4 is 11.8 Å². The molecule has 168 valence electrons. The van der Waals surface area contributed by atoms with Gasteiger partial charge < -0.3 is 15.1 Å². The predicted octanol–water partition coefficient (Wildman–Crippen LogP) is 5.68. The van der Waals surface area contributed by atoms with Crippen LogP contribution in [0.25, 0.3) is 0 Å². The average Bonchev–Trinajstić information content (AvgIpc) is 3.26. The van der Waals surface area contributed by atoms with E-state index in [2.05, 4.69) is 24.5 Å². The van der Waals surface area contributed by atoms with Crippen molar-refractivity contribution in [3.8, 4) is 0 Å². The van der Waals surface area contributed by atoms with Crippen LogP contribution in [-0.4, -0.2) is 17.9 Å². The maximum atomic E-state index is 13.0. The number of furan rings is 1. The van der Waals surface area contributed by atoms with Gasteiger partial charge in [0.05, 0.1) is 6.04 Å². The summed E-state index contributed by atoms with van der Waals surface area (Å²) in [4.78, 5) is 25.9. The molecule has 0 bridgehead atoms. The van der Waals surface area contributed by atoms with Crippen molar-refractivity contribution in [2.45, 2.75) is 52.1 Å². The number of carbonyl (C=O) groups excluding carboxylic acids is 2. The summed E-state index contributed by atoms with van der Waals surface area (Å²) in [6, 6.07) is 21.6. The lowest BCUT2D eigenvalue weighted by Crippen LogP contribution is -2.45. The number of carbonyl (C=O) groups is 2.